The number of likely N-dealkylation sites (tertiary alicyclic amines) is 1. The van der Waals surface area contributed by atoms with Crippen molar-refractivity contribution in [1.82, 2.24) is 4.90 Å². The van der Waals surface area contributed by atoms with Gasteiger partial charge in [-0.1, -0.05) is 0 Å². The van der Waals surface area contributed by atoms with Crippen molar-refractivity contribution in [3.63, 3.8) is 0 Å². The van der Waals surface area contributed by atoms with Crippen molar-refractivity contribution in [2.24, 2.45) is 0 Å². The first-order valence-corrected chi connectivity index (χ1v) is 6.45. The first-order chi connectivity index (χ1) is 8.06. The highest BCUT2D eigenvalue weighted by atomic mass is 79.9. The van der Waals surface area contributed by atoms with Crippen LogP contribution in [0.1, 0.15) is 12.8 Å². The first-order valence-electron chi connectivity index (χ1n) is 5.66. The number of nitrogens with two attached hydrogens (primary N) is 1. The molecule has 1 fully saturated rings. The number of halogens is 2. The minimum atomic E-state index is -0.345. The largest absolute Gasteiger partial charge is 0.488 e. The molecule has 0 aliphatic carbocycles. The molecule has 0 amide bonds. The van der Waals surface area contributed by atoms with Gasteiger partial charge in [-0.05, 0) is 41.9 Å². The molecule has 1 aromatic carbocycles. The Morgan fingerprint density at radius 1 is 1.41 bits per heavy atom. The number of piperidine rings is 1. The smallest absolute Gasteiger partial charge is 0.145 e. The van der Waals surface area contributed by atoms with Gasteiger partial charge >= 0.3 is 0 Å². The number of rotatable bonds is 2. The molecule has 1 aliphatic rings. The van der Waals surface area contributed by atoms with Gasteiger partial charge in [0.1, 0.15) is 17.7 Å². The maximum atomic E-state index is 13.4. The molecule has 2 rings (SSSR count). The van der Waals surface area contributed by atoms with Gasteiger partial charge in [0.2, 0.25) is 0 Å². The van der Waals surface area contributed by atoms with Crippen molar-refractivity contribution in [3.8, 4) is 5.75 Å². The molecule has 1 aromatic rings. The van der Waals surface area contributed by atoms with Gasteiger partial charge < -0.3 is 15.4 Å². The lowest BCUT2D eigenvalue weighted by Crippen LogP contribution is -2.35. The molecule has 0 aromatic heterocycles. The molecule has 0 radical (unpaired) electrons. The summed E-state index contributed by atoms with van der Waals surface area (Å²) in [5.74, 6) is 0.0994. The van der Waals surface area contributed by atoms with Gasteiger partial charge in [0.05, 0.1) is 10.2 Å². The highest BCUT2D eigenvalue weighted by molar-refractivity contribution is 9.10. The summed E-state index contributed by atoms with van der Waals surface area (Å²) in [5, 5.41) is 0. The van der Waals surface area contributed by atoms with E-state index < -0.39 is 0 Å². The Labute approximate surface area is 109 Å². The zero-order chi connectivity index (χ0) is 12.4. The third-order valence-corrected chi connectivity index (χ3v) is 3.62. The normalized spacial score (nSPS) is 18.3. The van der Waals surface area contributed by atoms with Gasteiger partial charge in [0.15, 0.2) is 0 Å². The van der Waals surface area contributed by atoms with Crippen molar-refractivity contribution >= 4 is 21.6 Å². The van der Waals surface area contributed by atoms with E-state index in [1.807, 2.05) is 0 Å². The lowest BCUT2D eigenvalue weighted by molar-refractivity contribution is 0.114. The maximum absolute atomic E-state index is 13.4. The number of nitrogen functional groups attached to an aromatic ring is 1. The summed E-state index contributed by atoms with van der Waals surface area (Å²) in [5.41, 5.74) is 6.27. The van der Waals surface area contributed by atoms with Crippen LogP contribution >= 0.6 is 15.9 Å². The van der Waals surface area contributed by atoms with Gasteiger partial charge in [0, 0.05) is 19.2 Å². The summed E-state index contributed by atoms with van der Waals surface area (Å²) in [4.78, 5) is 2.26. The molecule has 1 aliphatic heterocycles. The van der Waals surface area contributed by atoms with E-state index in [4.69, 9.17) is 10.5 Å². The van der Waals surface area contributed by atoms with E-state index in [2.05, 4.69) is 27.9 Å². The van der Waals surface area contributed by atoms with E-state index >= 15 is 0 Å². The minimum Gasteiger partial charge on any atom is -0.488 e. The molecule has 2 N–H and O–H groups in total. The Balaban J connectivity index is 2.06. The fraction of sp³-hybridized carbons (Fsp3) is 0.500. The van der Waals surface area contributed by atoms with Crippen LogP contribution in [0.3, 0.4) is 0 Å². The van der Waals surface area contributed by atoms with Gasteiger partial charge in [-0.2, -0.15) is 0 Å². The van der Waals surface area contributed by atoms with Crippen LogP contribution in [0, 0.1) is 5.82 Å². The molecule has 1 heterocycles. The Morgan fingerprint density at radius 3 is 2.71 bits per heavy atom. The van der Waals surface area contributed by atoms with Crippen molar-refractivity contribution in [3.05, 3.63) is 22.4 Å². The van der Waals surface area contributed by atoms with Crippen LogP contribution in [0.25, 0.3) is 0 Å². The van der Waals surface area contributed by atoms with Gasteiger partial charge in [-0.3, -0.25) is 0 Å². The molecule has 3 nitrogen and oxygen atoms in total. The molecule has 0 saturated carbocycles. The van der Waals surface area contributed by atoms with E-state index in [1.54, 1.807) is 6.07 Å². The number of ether oxygens (including phenoxy) is 1. The second kappa shape index (κ2) is 5.23. The zero-order valence-corrected chi connectivity index (χ0v) is 11.3. The molecule has 1 saturated heterocycles. The van der Waals surface area contributed by atoms with Crippen LogP contribution in [0.5, 0.6) is 5.75 Å². The van der Waals surface area contributed by atoms with E-state index in [1.165, 1.54) is 6.07 Å². The topological polar surface area (TPSA) is 38.5 Å². The number of nitrogens with zero attached hydrogens (tertiary/aromatic N) is 1. The second-order valence-electron chi connectivity index (χ2n) is 4.42. The van der Waals surface area contributed by atoms with Crippen molar-refractivity contribution < 1.29 is 9.13 Å². The van der Waals surface area contributed by atoms with Crippen molar-refractivity contribution in [2.75, 3.05) is 25.9 Å². The van der Waals surface area contributed by atoms with Crippen LogP contribution in [-0.4, -0.2) is 31.1 Å². The standard InChI is InChI=1S/C12H16BrFN2O/c1-16-4-2-8(3-5-16)17-12-7-10(14)9(13)6-11(12)15/h6-8H,2-5,15H2,1H3. The Bertz CT molecular complexity index is 406. The lowest BCUT2D eigenvalue weighted by atomic mass is 10.1. The van der Waals surface area contributed by atoms with Crippen LogP contribution in [-0.2, 0) is 0 Å². The summed E-state index contributed by atoms with van der Waals surface area (Å²) in [7, 11) is 2.09. The van der Waals surface area contributed by atoms with E-state index in [0.29, 0.717) is 15.9 Å². The molecule has 0 unspecified atom stereocenters. The third kappa shape index (κ3) is 3.10. The van der Waals surface area contributed by atoms with Crippen LogP contribution in [0.2, 0.25) is 0 Å². The number of benzene rings is 1. The Kier molecular flexibility index (Phi) is 3.89. The average molecular weight is 303 g/mol. The maximum Gasteiger partial charge on any atom is 0.145 e. The van der Waals surface area contributed by atoms with Crippen LogP contribution in [0.15, 0.2) is 16.6 Å². The number of anilines is 1. The van der Waals surface area contributed by atoms with E-state index in [-0.39, 0.29) is 11.9 Å². The summed E-state index contributed by atoms with van der Waals surface area (Å²) < 4.78 is 19.5. The molecule has 17 heavy (non-hydrogen) atoms. The van der Waals surface area contributed by atoms with Crippen molar-refractivity contribution in [2.45, 2.75) is 18.9 Å². The van der Waals surface area contributed by atoms with E-state index in [0.717, 1.165) is 25.9 Å². The molecule has 94 valence electrons. The lowest BCUT2D eigenvalue weighted by Gasteiger charge is -2.29. The fourth-order valence-corrected chi connectivity index (χ4v) is 2.29. The van der Waals surface area contributed by atoms with E-state index in [9.17, 15) is 4.39 Å². The Hall–Kier alpha value is -0.810. The Morgan fingerprint density at radius 2 is 2.06 bits per heavy atom. The van der Waals surface area contributed by atoms with Crippen molar-refractivity contribution in [1.29, 1.82) is 0 Å². The monoisotopic (exact) mass is 302 g/mol. The SMILES string of the molecule is CN1CCC(Oc2cc(F)c(Br)cc2N)CC1. The highest BCUT2D eigenvalue weighted by Crippen LogP contribution is 2.30. The summed E-state index contributed by atoms with van der Waals surface area (Å²) in [6, 6.07) is 2.89. The van der Waals surface area contributed by atoms with Gasteiger partial charge in [-0.15, -0.1) is 0 Å². The minimum absolute atomic E-state index is 0.133. The summed E-state index contributed by atoms with van der Waals surface area (Å²) >= 11 is 3.10. The first kappa shape index (κ1) is 12.6. The molecule has 5 heteroatoms. The number of hydrogen-bond donors (Lipinski definition) is 1. The quantitative estimate of drug-likeness (QED) is 0.854. The van der Waals surface area contributed by atoms with Crippen LogP contribution in [0.4, 0.5) is 10.1 Å². The van der Waals surface area contributed by atoms with Gasteiger partial charge in [-0.25, -0.2) is 4.39 Å². The average Bonchev–Trinajstić information content (AvgIpc) is 2.29. The summed E-state index contributed by atoms with van der Waals surface area (Å²) in [6.45, 7) is 2.01. The molecule has 0 spiro atoms. The van der Waals surface area contributed by atoms with Gasteiger partial charge in [0.25, 0.3) is 0 Å². The summed E-state index contributed by atoms with van der Waals surface area (Å²) in [6.07, 6.45) is 2.04. The molecular formula is C12H16BrFN2O. The van der Waals surface area contributed by atoms with Crippen LogP contribution < -0.4 is 10.5 Å². The molecule has 0 atom stereocenters. The highest BCUT2D eigenvalue weighted by Gasteiger charge is 2.19. The fourth-order valence-electron chi connectivity index (χ4n) is 1.93. The zero-order valence-electron chi connectivity index (χ0n) is 9.75. The second-order valence-corrected chi connectivity index (χ2v) is 5.28. The third-order valence-electron chi connectivity index (χ3n) is 3.01. The molecule has 0 bridgehead atoms. The number of hydrogen-bond acceptors (Lipinski definition) is 3. The predicted octanol–water partition coefficient (Wildman–Crippen LogP) is 2.64. The molecular weight excluding hydrogens is 287 g/mol. The predicted molar refractivity (Wildman–Crippen MR) is 69.7 cm³/mol.